The Morgan fingerprint density at radius 1 is 1.22 bits per heavy atom. The van der Waals surface area contributed by atoms with Crippen LogP contribution in [-0.2, 0) is 6.54 Å². The molecule has 4 rings (SSSR count). The minimum absolute atomic E-state index is 0.456. The molecule has 0 amide bonds. The second kappa shape index (κ2) is 7.49. The summed E-state index contributed by atoms with van der Waals surface area (Å²) in [5, 5.41) is 4.32. The van der Waals surface area contributed by atoms with Gasteiger partial charge in [0.1, 0.15) is 5.82 Å². The molecule has 1 atom stereocenters. The third kappa shape index (κ3) is 3.80. The summed E-state index contributed by atoms with van der Waals surface area (Å²) >= 11 is 6.07. The van der Waals surface area contributed by atoms with Crippen molar-refractivity contribution in [1.82, 2.24) is 14.9 Å². The van der Waals surface area contributed by atoms with Gasteiger partial charge in [-0.1, -0.05) is 29.8 Å². The zero-order valence-corrected chi connectivity index (χ0v) is 17.0. The van der Waals surface area contributed by atoms with Crippen molar-refractivity contribution in [1.29, 1.82) is 0 Å². The number of imidazole rings is 1. The Bertz CT molecular complexity index is 993. The number of benzene rings is 2. The molecule has 3 aromatic rings. The van der Waals surface area contributed by atoms with E-state index in [1.165, 1.54) is 40.6 Å². The molecule has 1 unspecified atom stereocenters. The molecule has 4 heteroatoms. The van der Waals surface area contributed by atoms with Crippen molar-refractivity contribution in [3.05, 3.63) is 70.0 Å². The van der Waals surface area contributed by atoms with Crippen molar-refractivity contribution in [2.24, 2.45) is 0 Å². The molecular weight excluding hydrogens is 354 g/mol. The monoisotopic (exact) mass is 379 g/mol. The molecule has 1 N–H and O–H groups in total. The van der Waals surface area contributed by atoms with Crippen LogP contribution < -0.4 is 5.32 Å². The molecule has 0 saturated carbocycles. The lowest BCUT2D eigenvalue weighted by atomic mass is 10.1. The van der Waals surface area contributed by atoms with Crippen LogP contribution in [0.25, 0.3) is 16.6 Å². The van der Waals surface area contributed by atoms with E-state index in [0.717, 1.165) is 29.5 Å². The molecule has 3 nitrogen and oxygen atoms in total. The van der Waals surface area contributed by atoms with Crippen LogP contribution in [0.1, 0.15) is 42.3 Å². The SMILES string of the molecule is C/C(=C\C1CCCN1)c1nc2cc(C)c(C)cc2n1Cc1ccc(Cl)cc1. The van der Waals surface area contributed by atoms with E-state index in [9.17, 15) is 0 Å². The predicted molar refractivity (Wildman–Crippen MR) is 114 cm³/mol. The first-order valence-electron chi connectivity index (χ1n) is 9.65. The first-order chi connectivity index (χ1) is 13.0. The molecule has 1 aliphatic rings. The molecule has 0 aliphatic carbocycles. The number of nitrogens with one attached hydrogen (secondary N) is 1. The Hall–Kier alpha value is -2.10. The van der Waals surface area contributed by atoms with Crippen molar-refractivity contribution in [3.63, 3.8) is 0 Å². The van der Waals surface area contributed by atoms with Crippen LogP contribution in [0.3, 0.4) is 0 Å². The highest BCUT2D eigenvalue weighted by Gasteiger charge is 2.17. The standard InChI is InChI=1S/C23H26ClN3/c1-15-12-21-22(13-16(15)2)27(14-18-6-8-19(24)9-7-18)23(26-21)17(3)11-20-5-4-10-25-20/h6-9,11-13,20,25H,4-5,10,14H2,1-3H3/b17-11+. The molecule has 1 fully saturated rings. The lowest BCUT2D eigenvalue weighted by molar-refractivity contribution is 0.725. The van der Waals surface area contributed by atoms with Crippen LogP contribution in [0.4, 0.5) is 0 Å². The van der Waals surface area contributed by atoms with Gasteiger partial charge in [0.05, 0.1) is 11.0 Å². The largest absolute Gasteiger partial charge is 0.320 e. The Morgan fingerprint density at radius 3 is 2.67 bits per heavy atom. The van der Waals surface area contributed by atoms with Gasteiger partial charge >= 0.3 is 0 Å². The molecule has 140 valence electrons. The summed E-state index contributed by atoms with van der Waals surface area (Å²) < 4.78 is 2.34. The van der Waals surface area contributed by atoms with Crippen LogP contribution in [0, 0.1) is 13.8 Å². The third-order valence-corrected chi connectivity index (χ3v) is 5.77. The maximum absolute atomic E-state index is 6.07. The number of nitrogens with zero attached hydrogens (tertiary/aromatic N) is 2. The molecule has 2 aromatic carbocycles. The van der Waals surface area contributed by atoms with E-state index in [4.69, 9.17) is 16.6 Å². The van der Waals surface area contributed by atoms with E-state index in [1.54, 1.807) is 0 Å². The highest BCUT2D eigenvalue weighted by atomic mass is 35.5. The summed E-state index contributed by atoms with van der Waals surface area (Å²) in [6.07, 6.45) is 4.79. The molecule has 1 aliphatic heterocycles. The highest BCUT2D eigenvalue weighted by Crippen LogP contribution is 2.26. The van der Waals surface area contributed by atoms with Crippen LogP contribution in [0.15, 0.2) is 42.5 Å². The van der Waals surface area contributed by atoms with Gasteiger partial charge in [0.15, 0.2) is 0 Å². The van der Waals surface area contributed by atoms with Gasteiger partial charge < -0.3 is 9.88 Å². The number of allylic oxidation sites excluding steroid dienone is 1. The first-order valence-corrected chi connectivity index (χ1v) is 10.0. The average Bonchev–Trinajstić information content (AvgIpc) is 3.26. The minimum Gasteiger partial charge on any atom is -0.320 e. The van der Waals surface area contributed by atoms with Crippen molar-refractivity contribution < 1.29 is 0 Å². The van der Waals surface area contributed by atoms with E-state index >= 15 is 0 Å². The van der Waals surface area contributed by atoms with Crippen LogP contribution in [0.5, 0.6) is 0 Å². The Balaban J connectivity index is 1.82. The first kappa shape index (κ1) is 18.3. The maximum Gasteiger partial charge on any atom is 0.136 e. The second-order valence-electron chi connectivity index (χ2n) is 7.63. The lowest BCUT2D eigenvalue weighted by Crippen LogP contribution is -2.19. The normalized spacial score (nSPS) is 17.8. The van der Waals surface area contributed by atoms with Crippen LogP contribution >= 0.6 is 11.6 Å². The van der Waals surface area contributed by atoms with E-state index in [1.807, 2.05) is 12.1 Å². The van der Waals surface area contributed by atoms with Crippen LogP contribution in [-0.4, -0.2) is 22.1 Å². The van der Waals surface area contributed by atoms with Crippen molar-refractivity contribution >= 4 is 28.2 Å². The summed E-state index contributed by atoms with van der Waals surface area (Å²) in [5.41, 5.74) is 7.29. The van der Waals surface area contributed by atoms with Gasteiger partial charge in [-0.15, -0.1) is 0 Å². The number of rotatable bonds is 4. The summed E-state index contributed by atoms with van der Waals surface area (Å²) in [4.78, 5) is 5.01. The van der Waals surface area contributed by atoms with E-state index < -0.39 is 0 Å². The topological polar surface area (TPSA) is 29.9 Å². The number of aryl methyl sites for hydroxylation is 2. The van der Waals surface area contributed by atoms with Gasteiger partial charge in [0, 0.05) is 17.6 Å². The molecule has 2 heterocycles. The van der Waals surface area contributed by atoms with Gasteiger partial charge in [0.25, 0.3) is 0 Å². The molecule has 1 saturated heterocycles. The molecule has 27 heavy (non-hydrogen) atoms. The summed E-state index contributed by atoms with van der Waals surface area (Å²) in [6.45, 7) is 8.39. The fourth-order valence-corrected chi connectivity index (χ4v) is 3.97. The molecule has 1 aromatic heterocycles. The molecular formula is C23H26ClN3. The quantitative estimate of drug-likeness (QED) is 0.647. The van der Waals surface area contributed by atoms with Crippen LogP contribution in [0.2, 0.25) is 5.02 Å². The van der Waals surface area contributed by atoms with Crippen molar-refractivity contribution in [3.8, 4) is 0 Å². The summed E-state index contributed by atoms with van der Waals surface area (Å²) in [5.74, 6) is 1.05. The molecule has 0 bridgehead atoms. The Kier molecular flexibility index (Phi) is 5.07. The zero-order chi connectivity index (χ0) is 19.0. The van der Waals surface area contributed by atoms with E-state index in [0.29, 0.717) is 6.04 Å². The van der Waals surface area contributed by atoms with Gasteiger partial charge in [-0.05, 0) is 86.7 Å². The van der Waals surface area contributed by atoms with Gasteiger partial charge in [-0.3, -0.25) is 0 Å². The number of hydrogen-bond donors (Lipinski definition) is 1. The van der Waals surface area contributed by atoms with Gasteiger partial charge in [0.2, 0.25) is 0 Å². The molecule has 0 radical (unpaired) electrons. The maximum atomic E-state index is 6.07. The van der Waals surface area contributed by atoms with Crippen molar-refractivity contribution in [2.75, 3.05) is 6.54 Å². The minimum atomic E-state index is 0.456. The smallest absolute Gasteiger partial charge is 0.136 e. The fraction of sp³-hybridized carbons (Fsp3) is 0.348. The molecule has 0 spiro atoms. The number of aromatic nitrogens is 2. The second-order valence-corrected chi connectivity index (χ2v) is 8.06. The van der Waals surface area contributed by atoms with Gasteiger partial charge in [-0.25, -0.2) is 4.98 Å². The summed E-state index contributed by atoms with van der Waals surface area (Å²) in [6, 6.07) is 13.0. The van der Waals surface area contributed by atoms with E-state index in [-0.39, 0.29) is 0 Å². The third-order valence-electron chi connectivity index (χ3n) is 5.52. The number of hydrogen-bond acceptors (Lipinski definition) is 2. The lowest BCUT2D eigenvalue weighted by Gasteiger charge is -2.12. The van der Waals surface area contributed by atoms with Crippen molar-refractivity contribution in [2.45, 2.75) is 46.2 Å². The van der Waals surface area contributed by atoms with E-state index in [2.05, 4.69) is 61.0 Å². The fourth-order valence-electron chi connectivity index (χ4n) is 3.84. The summed E-state index contributed by atoms with van der Waals surface area (Å²) in [7, 11) is 0. The number of halogens is 1. The zero-order valence-electron chi connectivity index (χ0n) is 16.2. The van der Waals surface area contributed by atoms with Gasteiger partial charge in [-0.2, -0.15) is 0 Å². The average molecular weight is 380 g/mol. The number of fused-ring (bicyclic) bond motifs is 1. The Morgan fingerprint density at radius 2 is 1.96 bits per heavy atom. The predicted octanol–water partition coefficient (Wildman–Crippen LogP) is 5.51. The Labute approximate surface area is 166 Å². The highest BCUT2D eigenvalue weighted by molar-refractivity contribution is 6.30.